The predicted molar refractivity (Wildman–Crippen MR) is 91.1 cm³/mol. The maximum absolute atomic E-state index is 11.6. The largest absolute Gasteiger partial charge is 0.270 e. The minimum absolute atomic E-state index is 0.190. The molecule has 21 heavy (non-hydrogen) atoms. The summed E-state index contributed by atoms with van der Waals surface area (Å²) in [7, 11) is -3.27. The van der Waals surface area contributed by atoms with Crippen LogP contribution >= 0.6 is 0 Å². The Balaban J connectivity index is 3.32. The van der Waals surface area contributed by atoms with Crippen molar-refractivity contribution in [2.24, 2.45) is 0 Å². The molecule has 0 atom stereocenters. The van der Waals surface area contributed by atoms with Gasteiger partial charge in [-0.25, -0.2) is 0 Å². The monoisotopic (exact) mass is 320 g/mol. The molecule has 0 saturated carbocycles. The summed E-state index contributed by atoms with van der Waals surface area (Å²) in [5, 5.41) is 0. The standard InChI is InChI=1S/C17H36O3S/c1-3-5-7-8-9-10-11-12-13-15-17-21(18,19)20-16-14-6-4-2/h3-17H2,1-2H3. The highest BCUT2D eigenvalue weighted by Crippen LogP contribution is 2.11. The highest BCUT2D eigenvalue weighted by molar-refractivity contribution is 7.86. The zero-order valence-electron chi connectivity index (χ0n) is 14.2. The van der Waals surface area contributed by atoms with Gasteiger partial charge in [-0.3, -0.25) is 4.18 Å². The van der Waals surface area contributed by atoms with E-state index in [2.05, 4.69) is 13.8 Å². The van der Waals surface area contributed by atoms with Gasteiger partial charge in [0, 0.05) is 0 Å². The summed E-state index contributed by atoms with van der Waals surface area (Å²) in [4.78, 5) is 0. The van der Waals surface area contributed by atoms with E-state index < -0.39 is 10.1 Å². The van der Waals surface area contributed by atoms with Gasteiger partial charge in [0.15, 0.2) is 0 Å². The molecule has 0 rings (SSSR count). The minimum Gasteiger partial charge on any atom is -0.270 e. The SMILES string of the molecule is CCCCCCCCCCCCS(=O)(=O)OCCCCC. The first-order valence-corrected chi connectivity index (χ1v) is 10.6. The van der Waals surface area contributed by atoms with E-state index in [0.717, 1.165) is 38.5 Å². The van der Waals surface area contributed by atoms with Crippen molar-refractivity contribution < 1.29 is 12.6 Å². The van der Waals surface area contributed by atoms with Crippen molar-refractivity contribution in [3.63, 3.8) is 0 Å². The fraction of sp³-hybridized carbons (Fsp3) is 1.00. The lowest BCUT2D eigenvalue weighted by atomic mass is 10.1. The summed E-state index contributed by atoms with van der Waals surface area (Å²) in [6.45, 7) is 4.69. The molecule has 0 heterocycles. The lowest BCUT2D eigenvalue weighted by Crippen LogP contribution is -2.11. The number of unbranched alkanes of at least 4 members (excludes halogenated alkanes) is 11. The molecule has 0 bridgehead atoms. The molecular formula is C17H36O3S. The van der Waals surface area contributed by atoms with Crippen LogP contribution in [0.25, 0.3) is 0 Å². The van der Waals surface area contributed by atoms with Crippen LogP contribution in [0.2, 0.25) is 0 Å². The van der Waals surface area contributed by atoms with Gasteiger partial charge >= 0.3 is 0 Å². The topological polar surface area (TPSA) is 43.4 Å². The molecule has 0 amide bonds. The summed E-state index contributed by atoms with van der Waals surface area (Å²) in [5.74, 6) is 0.190. The van der Waals surface area contributed by atoms with E-state index in [1.54, 1.807) is 0 Å². The van der Waals surface area contributed by atoms with E-state index in [1.165, 1.54) is 44.9 Å². The Morgan fingerprint density at radius 1 is 0.619 bits per heavy atom. The van der Waals surface area contributed by atoms with Crippen molar-refractivity contribution in [2.75, 3.05) is 12.4 Å². The third kappa shape index (κ3) is 16.1. The van der Waals surface area contributed by atoms with Crippen LogP contribution in [-0.2, 0) is 14.3 Å². The first kappa shape index (κ1) is 20.9. The van der Waals surface area contributed by atoms with Crippen molar-refractivity contribution >= 4 is 10.1 Å². The van der Waals surface area contributed by atoms with Crippen LogP contribution in [0.3, 0.4) is 0 Å². The van der Waals surface area contributed by atoms with Crippen LogP contribution in [0.4, 0.5) is 0 Å². The van der Waals surface area contributed by atoms with E-state index in [4.69, 9.17) is 4.18 Å². The van der Waals surface area contributed by atoms with Crippen LogP contribution in [0.15, 0.2) is 0 Å². The number of hydrogen-bond donors (Lipinski definition) is 0. The molecule has 0 saturated heterocycles. The fourth-order valence-corrected chi connectivity index (χ4v) is 3.41. The number of hydrogen-bond acceptors (Lipinski definition) is 3. The van der Waals surface area contributed by atoms with Gasteiger partial charge in [0.1, 0.15) is 0 Å². The second-order valence-electron chi connectivity index (χ2n) is 5.97. The highest BCUT2D eigenvalue weighted by atomic mass is 32.2. The molecule has 0 N–H and O–H groups in total. The molecule has 128 valence electrons. The minimum atomic E-state index is -3.27. The zero-order chi connectivity index (χ0) is 15.8. The molecule has 0 fully saturated rings. The molecule has 0 aliphatic rings. The Morgan fingerprint density at radius 3 is 1.57 bits per heavy atom. The Kier molecular flexibility index (Phi) is 14.8. The van der Waals surface area contributed by atoms with Gasteiger partial charge in [-0.2, -0.15) is 8.42 Å². The summed E-state index contributed by atoms with van der Waals surface area (Å²) in [6.07, 6.45) is 15.1. The molecule has 0 radical (unpaired) electrons. The van der Waals surface area contributed by atoms with E-state index >= 15 is 0 Å². The lowest BCUT2D eigenvalue weighted by Gasteiger charge is -2.05. The van der Waals surface area contributed by atoms with Gasteiger partial charge < -0.3 is 0 Å². The fourth-order valence-electron chi connectivity index (χ4n) is 2.36. The molecule has 0 aromatic rings. The maximum atomic E-state index is 11.6. The van der Waals surface area contributed by atoms with Gasteiger partial charge in [0.2, 0.25) is 0 Å². The summed E-state index contributed by atoms with van der Waals surface area (Å²) in [5.41, 5.74) is 0. The molecule has 0 aliphatic heterocycles. The van der Waals surface area contributed by atoms with Crippen LogP contribution < -0.4 is 0 Å². The smallest absolute Gasteiger partial charge is 0.267 e. The van der Waals surface area contributed by atoms with Crippen molar-refractivity contribution in [1.29, 1.82) is 0 Å². The lowest BCUT2D eigenvalue weighted by molar-refractivity contribution is 0.307. The second kappa shape index (κ2) is 14.8. The number of rotatable bonds is 16. The quantitative estimate of drug-likeness (QED) is 0.281. The average molecular weight is 321 g/mol. The van der Waals surface area contributed by atoms with E-state index in [1.807, 2.05) is 0 Å². The molecule has 0 aromatic heterocycles. The van der Waals surface area contributed by atoms with Crippen LogP contribution in [0.1, 0.15) is 97.3 Å². The average Bonchev–Trinajstić information content (AvgIpc) is 2.45. The molecule has 3 nitrogen and oxygen atoms in total. The summed E-state index contributed by atoms with van der Waals surface area (Å²) >= 11 is 0. The van der Waals surface area contributed by atoms with Gasteiger partial charge in [0.25, 0.3) is 10.1 Å². The molecule has 0 spiro atoms. The van der Waals surface area contributed by atoms with Crippen LogP contribution in [0, 0.1) is 0 Å². The normalized spacial score (nSPS) is 11.9. The zero-order valence-corrected chi connectivity index (χ0v) is 15.1. The van der Waals surface area contributed by atoms with E-state index in [0.29, 0.717) is 6.61 Å². The van der Waals surface area contributed by atoms with Crippen LogP contribution in [-0.4, -0.2) is 20.8 Å². The Labute approximate surface area is 133 Å². The molecule has 0 aliphatic carbocycles. The first-order valence-electron chi connectivity index (χ1n) is 8.99. The van der Waals surface area contributed by atoms with Gasteiger partial charge in [-0.05, 0) is 12.8 Å². The Morgan fingerprint density at radius 2 is 1.05 bits per heavy atom. The molecule has 4 heteroatoms. The Hall–Kier alpha value is -0.0900. The Bertz CT molecular complexity index is 299. The van der Waals surface area contributed by atoms with Crippen molar-refractivity contribution in [2.45, 2.75) is 97.3 Å². The van der Waals surface area contributed by atoms with Crippen molar-refractivity contribution in [3.8, 4) is 0 Å². The van der Waals surface area contributed by atoms with Crippen molar-refractivity contribution in [1.82, 2.24) is 0 Å². The summed E-state index contributed by atoms with van der Waals surface area (Å²) < 4.78 is 28.2. The summed E-state index contributed by atoms with van der Waals surface area (Å²) in [6, 6.07) is 0. The molecular weight excluding hydrogens is 284 g/mol. The van der Waals surface area contributed by atoms with Gasteiger partial charge in [0.05, 0.1) is 12.4 Å². The maximum Gasteiger partial charge on any atom is 0.267 e. The third-order valence-electron chi connectivity index (χ3n) is 3.76. The predicted octanol–water partition coefficient (Wildman–Crippen LogP) is 5.44. The van der Waals surface area contributed by atoms with E-state index in [-0.39, 0.29) is 5.75 Å². The second-order valence-corrected chi connectivity index (χ2v) is 7.73. The molecule has 0 unspecified atom stereocenters. The highest BCUT2D eigenvalue weighted by Gasteiger charge is 2.09. The van der Waals surface area contributed by atoms with E-state index in [9.17, 15) is 8.42 Å². The van der Waals surface area contributed by atoms with Gasteiger partial charge in [-0.1, -0.05) is 84.5 Å². The molecule has 0 aromatic carbocycles. The first-order chi connectivity index (χ1) is 10.1. The van der Waals surface area contributed by atoms with Gasteiger partial charge in [-0.15, -0.1) is 0 Å². The third-order valence-corrected chi connectivity index (χ3v) is 5.07. The van der Waals surface area contributed by atoms with Crippen molar-refractivity contribution in [3.05, 3.63) is 0 Å². The van der Waals surface area contributed by atoms with Crippen LogP contribution in [0.5, 0.6) is 0 Å².